The van der Waals surface area contributed by atoms with Crippen molar-refractivity contribution in [1.29, 1.82) is 0 Å². The van der Waals surface area contributed by atoms with E-state index in [2.05, 4.69) is 10.4 Å². The Hall–Kier alpha value is -2.07. The van der Waals surface area contributed by atoms with Gasteiger partial charge in [-0.05, 0) is 17.7 Å². The standard InChI is InChI=1S/C13H15N3O5S2/c1-8(17)14-13-15-16(9(2)18)12(22-13)10-5-4-6-11(7-10)21-23(3,19)20/h4-7,12H,1-3H3,(H,14,15,17). The summed E-state index contributed by atoms with van der Waals surface area (Å²) in [5.74, 6) is -0.464. The molecular weight excluding hydrogens is 342 g/mol. The summed E-state index contributed by atoms with van der Waals surface area (Å²) in [6, 6.07) is 6.35. The number of rotatable bonds is 3. The van der Waals surface area contributed by atoms with Gasteiger partial charge in [0.15, 0.2) is 5.17 Å². The number of hydrogen-bond acceptors (Lipinski definition) is 7. The van der Waals surface area contributed by atoms with Gasteiger partial charge in [0.25, 0.3) is 0 Å². The van der Waals surface area contributed by atoms with Crippen LogP contribution in [0.25, 0.3) is 0 Å². The van der Waals surface area contributed by atoms with Gasteiger partial charge in [-0.25, -0.2) is 5.01 Å². The molecule has 1 aliphatic rings. The molecule has 0 bridgehead atoms. The fourth-order valence-corrected chi connectivity index (χ4v) is 3.45. The topological polar surface area (TPSA) is 105 Å². The molecule has 10 heteroatoms. The highest BCUT2D eigenvalue weighted by atomic mass is 32.2. The maximum atomic E-state index is 11.7. The molecule has 1 aliphatic heterocycles. The Morgan fingerprint density at radius 1 is 1.35 bits per heavy atom. The summed E-state index contributed by atoms with van der Waals surface area (Å²) in [7, 11) is -3.65. The van der Waals surface area contributed by atoms with Crippen molar-refractivity contribution in [2.45, 2.75) is 19.2 Å². The van der Waals surface area contributed by atoms with Gasteiger partial charge in [0.05, 0.1) is 6.26 Å². The SMILES string of the molecule is CC(=O)NC1=NN(C(C)=O)C(c2cccc(OS(C)(=O)=O)c2)S1. The highest BCUT2D eigenvalue weighted by Crippen LogP contribution is 2.39. The molecule has 124 valence electrons. The number of carbonyl (C=O) groups excluding carboxylic acids is 2. The van der Waals surface area contributed by atoms with Crippen LogP contribution in [0.5, 0.6) is 5.75 Å². The van der Waals surface area contributed by atoms with Crippen molar-refractivity contribution in [2.75, 3.05) is 6.26 Å². The van der Waals surface area contributed by atoms with Crippen molar-refractivity contribution in [3.8, 4) is 5.75 Å². The minimum atomic E-state index is -3.65. The van der Waals surface area contributed by atoms with Crippen molar-refractivity contribution in [2.24, 2.45) is 5.10 Å². The average Bonchev–Trinajstić information content (AvgIpc) is 2.80. The van der Waals surface area contributed by atoms with Crippen LogP contribution in [0.2, 0.25) is 0 Å². The van der Waals surface area contributed by atoms with Gasteiger partial charge in [-0.15, -0.1) is 5.10 Å². The molecule has 2 rings (SSSR count). The van der Waals surface area contributed by atoms with Crippen LogP contribution in [0.4, 0.5) is 0 Å². The third-order valence-electron chi connectivity index (χ3n) is 2.64. The first-order chi connectivity index (χ1) is 10.7. The van der Waals surface area contributed by atoms with Crippen LogP contribution in [0.1, 0.15) is 24.8 Å². The van der Waals surface area contributed by atoms with Crippen LogP contribution in [-0.4, -0.2) is 36.7 Å². The predicted octanol–water partition coefficient (Wildman–Crippen LogP) is 1.03. The molecule has 1 N–H and O–H groups in total. The van der Waals surface area contributed by atoms with Crippen molar-refractivity contribution in [3.63, 3.8) is 0 Å². The molecule has 0 aliphatic carbocycles. The van der Waals surface area contributed by atoms with Gasteiger partial charge >= 0.3 is 10.1 Å². The maximum absolute atomic E-state index is 11.7. The molecule has 1 heterocycles. The Balaban J connectivity index is 2.28. The van der Waals surface area contributed by atoms with Crippen molar-refractivity contribution in [1.82, 2.24) is 10.3 Å². The van der Waals surface area contributed by atoms with E-state index in [0.29, 0.717) is 10.7 Å². The molecule has 0 aromatic heterocycles. The Bertz CT molecular complexity index is 776. The van der Waals surface area contributed by atoms with E-state index < -0.39 is 15.5 Å². The Kier molecular flexibility index (Phi) is 4.95. The quantitative estimate of drug-likeness (QED) is 0.810. The maximum Gasteiger partial charge on any atom is 0.306 e. The minimum absolute atomic E-state index is 0.141. The normalized spacial score (nSPS) is 17.6. The van der Waals surface area contributed by atoms with E-state index in [0.717, 1.165) is 6.26 Å². The Morgan fingerprint density at radius 3 is 2.61 bits per heavy atom. The number of hydrogen-bond donors (Lipinski definition) is 1. The van der Waals surface area contributed by atoms with Gasteiger partial charge in [-0.3, -0.25) is 9.59 Å². The number of nitrogens with zero attached hydrogens (tertiary/aromatic N) is 2. The first-order valence-electron chi connectivity index (χ1n) is 6.48. The molecular formula is C13H15N3O5S2. The van der Waals surface area contributed by atoms with Gasteiger partial charge in [0.2, 0.25) is 11.8 Å². The molecule has 0 radical (unpaired) electrons. The number of benzene rings is 1. The highest BCUT2D eigenvalue weighted by Gasteiger charge is 2.32. The largest absolute Gasteiger partial charge is 0.383 e. The number of carbonyl (C=O) groups is 2. The van der Waals surface area contributed by atoms with Crippen LogP contribution in [-0.2, 0) is 19.7 Å². The fourth-order valence-electron chi connectivity index (χ4n) is 1.87. The number of thioether (sulfide) groups is 1. The first kappa shape index (κ1) is 17.3. The average molecular weight is 357 g/mol. The summed E-state index contributed by atoms with van der Waals surface area (Å²) in [5.41, 5.74) is 0.621. The Labute approximate surface area is 138 Å². The van der Waals surface area contributed by atoms with E-state index in [4.69, 9.17) is 4.18 Å². The molecule has 2 amide bonds. The molecule has 23 heavy (non-hydrogen) atoms. The second-order valence-corrected chi connectivity index (χ2v) is 7.42. The lowest BCUT2D eigenvalue weighted by atomic mass is 10.2. The molecule has 8 nitrogen and oxygen atoms in total. The van der Waals surface area contributed by atoms with Crippen LogP contribution in [0, 0.1) is 0 Å². The van der Waals surface area contributed by atoms with E-state index in [1.807, 2.05) is 0 Å². The lowest BCUT2D eigenvalue weighted by Crippen LogP contribution is -2.25. The molecule has 0 fully saturated rings. The summed E-state index contributed by atoms with van der Waals surface area (Å²) in [6.45, 7) is 2.69. The number of nitrogens with one attached hydrogen (secondary N) is 1. The zero-order valence-electron chi connectivity index (χ0n) is 12.6. The molecule has 0 saturated heterocycles. The minimum Gasteiger partial charge on any atom is -0.383 e. The number of amidine groups is 1. The van der Waals surface area contributed by atoms with Gasteiger partial charge < -0.3 is 9.50 Å². The van der Waals surface area contributed by atoms with Crippen LogP contribution >= 0.6 is 11.8 Å². The smallest absolute Gasteiger partial charge is 0.306 e. The molecule has 1 unspecified atom stereocenters. The number of hydrazone groups is 1. The summed E-state index contributed by atoms with van der Waals surface area (Å²) in [6.07, 6.45) is 0.948. The highest BCUT2D eigenvalue weighted by molar-refractivity contribution is 8.14. The van der Waals surface area contributed by atoms with Gasteiger partial charge in [-0.2, -0.15) is 8.42 Å². The van der Waals surface area contributed by atoms with Crippen LogP contribution in [0.15, 0.2) is 29.4 Å². The van der Waals surface area contributed by atoms with Crippen molar-refractivity contribution < 1.29 is 22.2 Å². The molecule has 0 saturated carbocycles. The monoisotopic (exact) mass is 357 g/mol. The summed E-state index contributed by atoms with van der Waals surface area (Å²) in [4.78, 5) is 22.9. The van der Waals surface area contributed by atoms with Crippen LogP contribution < -0.4 is 9.50 Å². The Morgan fingerprint density at radius 2 is 2.04 bits per heavy atom. The third kappa shape index (κ3) is 4.70. The summed E-state index contributed by atoms with van der Waals surface area (Å²) < 4.78 is 27.3. The summed E-state index contributed by atoms with van der Waals surface area (Å²) in [5, 5.41) is 7.59. The molecule has 1 aromatic rings. The third-order valence-corrected chi connectivity index (χ3v) is 4.24. The second-order valence-electron chi connectivity index (χ2n) is 4.78. The van der Waals surface area contributed by atoms with E-state index in [1.54, 1.807) is 12.1 Å². The van der Waals surface area contributed by atoms with E-state index >= 15 is 0 Å². The first-order valence-corrected chi connectivity index (χ1v) is 9.17. The molecule has 0 spiro atoms. The molecule has 1 aromatic carbocycles. The lowest BCUT2D eigenvalue weighted by molar-refractivity contribution is -0.129. The lowest BCUT2D eigenvalue weighted by Gasteiger charge is -2.19. The van der Waals surface area contributed by atoms with Crippen molar-refractivity contribution >= 4 is 38.9 Å². The number of amides is 2. The van der Waals surface area contributed by atoms with Crippen LogP contribution in [0.3, 0.4) is 0 Å². The second kappa shape index (κ2) is 6.59. The molecule has 1 atom stereocenters. The summed E-state index contributed by atoms with van der Waals surface area (Å²) >= 11 is 1.17. The van der Waals surface area contributed by atoms with E-state index in [1.165, 1.54) is 42.8 Å². The van der Waals surface area contributed by atoms with Gasteiger partial charge in [0, 0.05) is 13.8 Å². The van der Waals surface area contributed by atoms with Gasteiger partial charge in [0.1, 0.15) is 11.1 Å². The van der Waals surface area contributed by atoms with E-state index in [-0.39, 0.29) is 17.6 Å². The van der Waals surface area contributed by atoms with Crippen molar-refractivity contribution in [3.05, 3.63) is 29.8 Å². The zero-order chi connectivity index (χ0) is 17.2. The van der Waals surface area contributed by atoms with E-state index in [9.17, 15) is 18.0 Å². The fraction of sp³-hybridized carbons (Fsp3) is 0.308. The van der Waals surface area contributed by atoms with Gasteiger partial charge in [-0.1, -0.05) is 23.9 Å². The zero-order valence-corrected chi connectivity index (χ0v) is 14.3. The predicted molar refractivity (Wildman–Crippen MR) is 86.0 cm³/mol.